The molecule has 30 heavy (non-hydrogen) atoms. The molecule has 0 spiro atoms. The van der Waals surface area contributed by atoms with Gasteiger partial charge in [-0.2, -0.15) is 0 Å². The van der Waals surface area contributed by atoms with Gasteiger partial charge in [-0.05, 0) is 76.4 Å². The highest BCUT2D eigenvalue weighted by molar-refractivity contribution is 5.80. The van der Waals surface area contributed by atoms with Gasteiger partial charge in [-0.15, -0.1) is 0 Å². The molecule has 1 unspecified atom stereocenters. The molecular formula is C24H41N5O. The quantitative estimate of drug-likeness (QED) is 0.479. The SMILES string of the molecule is CCCN1CCC(NC(=NCC(c2ccc(OC)cc2)N2CCCC2)NCC)CC1. The lowest BCUT2D eigenvalue weighted by atomic mass is 10.0. The predicted octanol–water partition coefficient (Wildman–Crippen LogP) is 3.26. The van der Waals surface area contributed by atoms with E-state index in [1.807, 2.05) is 0 Å². The zero-order valence-corrected chi connectivity index (χ0v) is 19.2. The van der Waals surface area contributed by atoms with E-state index in [0.717, 1.165) is 37.9 Å². The summed E-state index contributed by atoms with van der Waals surface area (Å²) in [5.74, 6) is 1.87. The summed E-state index contributed by atoms with van der Waals surface area (Å²) < 4.78 is 5.35. The molecule has 2 N–H and O–H groups in total. The number of hydrogen-bond acceptors (Lipinski definition) is 4. The molecule has 6 heteroatoms. The van der Waals surface area contributed by atoms with Crippen LogP contribution in [-0.4, -0.2) is 74.7 Å². The number of methoxy groups -OCH3 is 1. The van der Waals surface area contributed by atoms with Crippen LogP contribution in [0.5, 0.6) is 5.75 Å². The second-order valence-electron chi connectivity index (χ2n) is 8.51. The van der Waals surface area contributed by atoms with E-state index in [9.17, 15) is 0 Å². The number of guanidine groups is 1. The normalized spacial score (nSPS) is 20.3. The first-order chi connectivity index (χ1) is 14.7. The summed E-state index contributed by atoms with van der Waals surface area (Å²) in [6, 6.07) is 9.36. The number of ether oxygens (including phenoxy) is 1. The molecular weight excluding hydrogens is 374 g/mol. The summed E-state index contributed by atoms with van der Waals surface area (Å²) >= 11 is 0. The van der Waals surface area contributed by atoms with Crippen molar-refractivity contribution in [1.82, 2.24) is 20.4 Å². The predicted molar refractivity (Wildman–Crippen MR) is 125 cm³/mol. The van der Waals surface area contributed by atoms with Crippen LogP contribution in [0.1, 0.15) is 57.6 Å². The monoisotopic (exact) mass is 415 g/mol. The summed E-state index contributed by atoms with van der Waals surface area (Å²) in [7, 11) is 1.72. The molecule has 0 aliphatic carbocycles. The van der Waals surface area contributed by atoms with Gasteiger partial charge in [0.25, 0.3) is 0 Å². The van der Waals surface area contributed by atoms with E-state index in [4.69, 9.17) is 9.73 Å². The Labute approximate surface area is 183 Å². The number of rotatable bonds is 9. The highest BCUT2D eigenvalue weighted by Gasteiger charge is 2.24. The Bertz CT molecular complexity index is 634. The first-order valence-electron chi connectivity index (χ1n) is 11.9. The van der Waals surface area contributed by atoms with Crippen molar-refractivity contribution in [2.24, 2.45) is 4.99 Å². The second-order valence-corrected chi connectivity index (χ2v) is 8.51. The van der Waals surface area contributed by atoms with Crippen molar-refractivity contribution >= 4 is 5.96 Å². The number of piperidine rings is 1. The standard InChI is InChI=1S/C24H41N5O/c1-4-14-28-17-12-21(13-18-28)27-24(25-5-2)26-19-23(29-15-6-7-16-29)20-8-10-22(30-3)11-9-20/h8-11,21,23H,4-7,12-19H2,1-3H3,(H2,25,26,27). The fourth-order valence-electron chi connectivity index (χ4n) is 4.62. The number of likely N-dealkylation sites (tertiary alicyclic amines) is 2. The van der Waals surface area contributed by atoms with Crippen molar-refractivity contribution in [3.05, 3.63) is 29.8 Å². The lowest BCUT2D eigenvalue weighted by molar-refractivity contribution is 0.206. The average molecular weight is 416 g/mol. The molecule has 0 saturated carbocycles. The second kappa shape index (κ2) is 12.2. The summed E-state index contributed by atoms with van der Waals surface area (Å²) in [4.78, 5) is 10.2. The van der Waals surface area contributed by atoms with Crippen LogP contribution in [0, 0.1) is 0 Å². The number of hydrogen-bond donors (Lipinski definition) is 2. The van der Waals surface area contributed by atoms with Gasteiger partial charge in [-0.1, -0.05) is 19.1 Å². The van der Waals surface area contributed by atoms with Crippen LogP contribution in [-0.2, 0) is 0 Å². The van der Waals surface area contributed by atoms with E-state index in [1.165, 1.54) is 57.3 Å². The van der Waals surface area contributed by atoms with E-state index < -0.39 is 0 Å². The highest BCUT2D eigenvalue weighted by atomic mass is 16.5. The van der Waals surface area contributed by atoms with Crippen molar-refractivity contribution in [3.63, 3.8) is 0 Å². The van der Waals surface area contributed by atoms with Gasteiger partial charge in [-0.25, -0.2) is 0 Å². The Morgan fingerprint density at radius 1 is 1.10 bits per heavy atom. The molecule has 3 rings (SSSR count). The third-order valence-electron chi connectivity index (χ3n) is 6.32. The largest absolute Gasteiger partial charge is 0.497 e. The third kappa shape index (κ3) is 6.61. The smallest absolute Gasteiger partial charge is 0.191 e. The van der Waals surface area contributed by atoms with Crippen molar-refractivity contribution in [1.29, 1.82) is 0 Å². The third-order valence-corrected chi connectivity index (χ3v) is 6.32. The van der Waals surface area contributed by atoms with E-state index in [1.54, 1.807) is 7.11 Å². The van der Waals surface area contributed by atoms with Crippen LogP contribution in [0.2, 0.25) is 0 Å². The molecule has 0 aromatic heterocycles. The summed E-state index contributed by atoms with van der Waals surface area (Å²) in [5.41, 5.74) is 1.32. The van der Waals surface area contributed by atoms with E-state index in [-0.39, 0.29) is 0 Å². The first-order valence-corrected chi connectivity index (χ1v) is 11.9. The maximum atomic E-state index is 5.35. The van der Waals surface area contributed by atoms with E-state index in [2.05, 4.69) is 58.5 Å². The summed E-state index contributed by atoms with van der Waals surface area (Å²) in [6.07, 6.45) is 6.19. The maximum Gasteiger partial charge on any atom is 0.191 e. The van der Waals surface area contributed by atoms with Gasteiger partial charge >= 0.3 is 0 Å². The van der Waals surface area contributed by atoms with E-state index >= 15 is 0 Å². The van der Waals surface area contributed by atoms with Gasteiger partial charge in [0.1, 0.15) is 5.75 Å². The molecule has 0 radical (unpaired) electrons. The van der Waals surface area contributed by atoms with Crippen LogP contribution in [0.25, 0.3) is 0 Å². The molecule has 2 fully saturated rings. The van der Waals surface area contributed by atoms with Crippen LogP contribution >= 0.6 is 0 Å². The molecule has 2 saturated heterocycles. The van der Waals surface area contributed by atoms with Crippen molar-refractivity contribution in [2.45, 2.75) is 58.0 Å². The number of nitrogens with one attached hydrogen (secondary N) is 2. The van der Waals surface area contributed by atoms with Crippen LogP contribution < -0.4 is 15.4 Å². The molecule has 1 aromatic rings. The lowest BCUT2D eigenvalue weighted by Gasteiger charge is -2.33. The Morgan fingerprint density at radius 2 is 1.80 bits per heavy atom. The topological polar surface area (TPSA) is 52.1 Å². The molecule has 2 aliphatic rings. The fraction of sp³-hybridized carbons (Fsp3) is 0.708. The van der Waals surface area contributed by atoms with Gasteiger partial charge in [0.15, 0.2) is 5.96 Å². The average Bonchev–Trinajstić information content (AvgIpc) is 3.30. The minimum absolute atomic E-state index is 0.320. The molecule has 168 valence electrons. The molecule has 1 aromatic carbocycles. The maximum absolute atomic E-state index is 5.35. The first kappa shape index (κ1) is 22.9. The Hall–Kier alpha value is -1.79. The minimum Gasteiger partial charge on any atom is -0.497 e. The molecule has 1 atom stereocenters. The zero-order chi connectivity index (χ0) is 21.2. The van der Waals surface area contributed by atoms with Crippen LogP contribution in [0.4, 0.5) is 0 Å². The molecule has 2 heterocycles. The molecule has 0 bridgehead atoms. The summed E-state index contributed by atoms with van der Waals surface area (Å²) in [6.45, 7) is 12.0. The molecule has 0 amide bonds. The Morgan fingerprint density at radius 3 is 2.40 bits per heavy atom. The summed E-state index contributed by atoms with van der Waals surface area (Å²) in [5, 5.41) is 7.18. The van der Waals surface area contributed by atoms with Gasteiger partial charge in [-0.3, -0.25) is 9.89 Å². The van der Waals surface area contributed by atoms with Crippen LogP contribution in [0.15, 0.2) is 29.3 Å². The van der Waals surface area contributed by atoms with Crippen molar-refractivity contribution < 1.29 is 4.74 Å². The van der Waals surface area contributed by atoms with E-state index in [0.29, 0.717) is 12.1 Å². The highest BCUT2D eigenvalue weighted by Crippen LogP contribution is 2.27. The van der Waals surface area contributed by atoms with Gasteiger partial charge in [0.2, 0.25) is 0 Å². The fourth-order valence-corrected chi connectivity index (χ4v) is 4.62. The van der Waals surface area contributed by atoms with Crippen molar-refractivity contribution in [2.75, 3.05) is 52.9 Å². The Kier molecular flexibility index (Phi) is 9.27. The Balaban J connectivity index is 1.64. The van der Waals surface area contributed by atoms with Crippen molar-refractivity contribution in [3.8, 4) is 5.75 Å². The molecule has 2 aliphatic heterocycles. The van der Waals surface area contributed by atoms with Gasteiger partial charge in [0.05, 0.1) is 19.7 Å². The number of nitrogens with zero attached hydrogens (tertiary/aromatic N) is 3. The molecule has 6 nitrogen and oxygen atoms in total. The van der Waals surface area contributed by atoms with Crippen LogP contribution in [0.3, 0.4) is 0 Å². The number of aliphatic imine (C=N–C) groups is 1. The van der Waals surface area contributed by atoms with Gasteiger partial charge < -0.3 is 20.3 Å². The lowest BCUT2D eigenvalue weighted by Crippen LogP contribution is -2.49. The van der Waals surface area contributed by atoms with Gasteiger partial charge in [0, 0.05) is 25.7 Å². The minimum atomic E-state index is 0.320. The zero-order valence-electron chi connectivity index (χ0n) is 19.2. The number of benzene rings is 1.